The molecule has 2 atom stereocenters. The number of benzene rings is 2. The van der Waals surface area contributed by atoms with Crippen molar-refractivity contribution in [3.8, 4) is 5.75 Å². The minimum absolute atomic E-state index is 0.167. The van der Waals surface area contributed by atoms with Gasteiger partial charge < -0.3 is 26.4 Å². The van der Waals surface area contributed by atoms with Crippen LogP contribution < -0.4 is 21.5 Å². The van der Waals surface area contributed by atoms with Crippen LogP contribution in [0.4, 0.5) is 10.5 Å². The number of piperidine rings is 1. The fourth-order valence-corrected chi connectivity index (χ4v) is 3.72. The lowest BCUT2D eigenvalue weighted by atomic mass is 9.86. The van der Waals surface area contributed by atoms with Crippen LogP contribution in [0, 0.1) is 0 Å². The van der Waals surface area contributed by atoms with Crippen LogP contribution in [0.25, 0.3) is 0 Å². The minimum Gasteiger partial charge on any atom is -0.482 e. The fourth-order valence-electron chi connectivity index (χ4n) is 3.42. The third-order valence-electron chi connectivity index (χ3n) is 4.86. The SMILES string of the molecule is NC(=O)Nc1cc(Cl)ccc1OCC(=O)N1CCC(c2ccc(Cl)cc2)C(N)C1. The predicted octanol–water partition coefficient (Wildman–Crippen LogP) is 3.21. The highest BCUT2D eigenvalue weighted by Crippen LogP contribution is 2.30. The lowest BCUT2D eigenvalue weighted by molar-refractivity contribution is -0.134. The van der Waals surface area contributed by atoms with E-state index in [1.165, 1.54) is 6.07 Å². The van der Waals surface area contributed by atoms with Gasteiger partial charge in [-0.25, -0.2) is 4.79 Å². The van der Waals surface area contributed by atoms with Gasteiger partial charge >= 0.3 is 6.03 Å². The topological polar surface area (TPSA) is 111 Å². The van der Waals surface area contributed by atoms with Gasteiger partial charge in [0, 0.05) is 35.1 Å². The van der Waals surface area contributed by atoms with Crippen molar-refractivity contribution in [1.29, 1.82) is 0 Å². The van der Waals surface area contributed by atoms with E-state index in [1.807, 2.05) is 24.3 Å². The van der Waals surface area contributed by atoms with Gasteiger partial charge in [0.2, 0.25) is 0 Å². The molecule has 0 aromatic heterocycles. The van der Waals surface area contributed by atoms with Crippen LogP contribution in [0.3, 0.4) is 0 Å². The van der Waals surface area contributed by atoms with Crippen LogP contribution in [-0.4, -0.2) is 42.6 Å². The largest absolute Gasteiger partial charge is 0.482 e. The van der Waals surface area contributed by atoms with Gasteiger partial charge in [0.1, 0.15) is 5.75 Å². The van der Waals surface area contributed by atoms with Crippen molar-refractivity contribution < 1.29 is 14.3 Å². The van der Waals surface area contributed by atoms with E-state index in [4.69, 9.17) is 39.4 Å². The average Bonchev–Trinajstić information content (AvgIpc) is 2.67. The number of nitrogens with two attached hydrogens (primary N) is 2. The number of carbonyl (C=O) groups excluding carboxylic acids is 2. The number of nitrogens with one attached hydrogen (secondary N) is 1. The van der Waals surface area contributed by atoms with E-state index in [-0.39, 0.29) is 24.5 Å². The lowest BCUT2D eigenvalue weighted by Crippen LogP contribution is -2.50. The Balaban J connectivity index is 1.58. The number of anilines is 1. The molecule has 5 N–H and O–H groups in total. The zero-order valence-corrected chi connectivity index (χ0v) is 17.1. The van der Waals surface area contributed by atoms with Crippen LogP contribution in [0.5, 0.6) is 5.75 Å². The highest BCUT2D eigenvalue weighted by atomic mass is 35.5. The van der Waals surface area contributed by atoms with E-state index in [2.05, 4.69) is 5.32 Å². The van der Waals surface area contributed by atoms with Crippen molar-refractivity contribution in [2.45, 2.75) is 18.4 Å². The predicted molar refractivity (Wildman–Crippen MR) is 114 cm³/mol. The molecule has 2 aromatic rings. The Morgan fingerprint density at radius 1 is 1.14 bits per heavy atom. The van der Waals surface area contributed by atoms with Gasteiger partial charge in [0.25, 0.3) is 5.91 Å². The summed E-state index contributed by atoms with van der Waals surface area (Å²) in [5, 5.41) is 3.51. The summed E-state index contributed by atoms with van der Waals surface area (Å²) in [7, 11) is 0. The normalized spacial score (nSPS) is 18.9. The molecular formula is C20H22Cl2N4O3. The Bertz CT molecular complexity index is 892. The maximum absolute atomic E-state index is 12.6. The number of amides is 3. The molecule has 0 radical (unpaired) electrons. The van der Waals surface area contributed by atoms with Gasteiger partial charge in [-0.2, -0.15) is 0 Å². The molecule has 29 heavy (non-hydrogen) atoms. The van der Waals surface area contributed by atoms with Crippen LogP contribution in [0.1, 0.15) is 17.9 Å². The summed E-state index contributed by atoms with van der Waals surface area (Å²) < 4.78 is 5.59. The third kappa shape index (κ3) is 5.53. The summed E-state index contributed by atoms with van der Waals surface area (Å²) in [6.45, 7) is 0.825. The van der Waals surface area contributed by atoms with Gasteiger partial charge in [-0.05, 0) is 42.3 Å². The molecule has 0 spiro atoms. The second-order valence-corrected chi connectivity index (χ2v) is 7.74. The average molecular weight is 437 g/mol. The lowest BCUT2D eigenvalue weighted by Gasteiger charge is -2.37. The van der Waals surface area contributed by atoms with Crippen LogP contribution in [-0.2, 0) is 4.79 Å². The quantitative estimate of drug-likeness (QED) is 0.667. The minimum atomic E-state index is -0.751. The number of halogens is 2. The van der Waals surface area contributed by atoms with E-state index >= 15 is 0 Å². The molecule has 1 aliphatic heterocycles. The molecule has 3 amide bonds. The zero-order chi connectivity index (χ0) is 21.0. The summed E-state index contributed by atoms with van der Waals surface area (Å²) >= 11 is 11.9. The smallest absolute Gasteiger partial charge is 0.316 e. The van der Waals surface area contributed by atoms with Crippen LogP contribution in [0.2, 0.25) is 10.0 Å². The standard InChI is InChI=1S/C20H22Cl2N4O3/c21-13-3-1-12(2-4-13)15-7-8-26(10-16(15)23)19(27)11-29-18-6-5-14(22)9-17(18)25-20(24)28/h1-6,9,15-16H,7-8,10-11,23H2,(H3,24,25,28). The highest BCUT2D eigenvalue weighted by molar-refractivity contribution is 6.31. The van der Waals surface area contributed by atoms with Gasteiger partial charge in [0.15, 0.2) is 6.61 Å². The fraction of sp³-hybridized carbons (Fsp3) is 0.300. The Kier molecular flexibility index (Phi) is 6.84. The number of rotatable bonds is 5. The highest BCUT2D eigenvalue weighted by Gasteiger charge is 2.30. The number of ether oxygens (including phenoxy) is 1. The number of nitrogens with zero attached hydrogens (tertiary/aromatic N) is 1. The summed E-state index contributed by atoms with van der Waals surface area (Å²) in [6.07, 6.45) is 0.754. The molecule has 154 valence electrons. The van der Waals surface area contributed by atoms with Crippen molar-refractivity contribution >= 4 is 40.8 Å². The second-order valence-electron chi connectivity index (χ2n) is 6.87. The number of primary amides is 1. The first-order valence-corrected chi connectivity index (χ1v) is 9.86. The first-order valence-electron chi connectivity index (χ1n) is 9.11. The van der Waals surface area contributed by atoms with Gasteiger partial charge in [-0.1, -0.05) is 35.3 Å². The first-order chi connectivity index (χ1) is 13.8. The molecule has 7 nitrogen and oxygen atoms in total. The zero-order valence-electron chi connectivity index (χ0n) is 15.6. The van der Waals surface area contributed by atoms with Gasteiger partial charge in [-0.3, -0.25) is 4.79 Å². The summed E-state index contributed by atoms with van der Waals surface area (Å²) in [5.74, 6) is 0.289. The van der Waals surface area contributed by atoms with Gasteiger partial charge in [-0.15, -0.1) is 0 Å². The molecule has 0 bridgehead atoms. The summed E-state index contributed by atoms with van der Waals surface area (Å²) in [6, 6.07) is 11.4. The molecule has 1 aliphatic rings. The Hall–Kier alpha value is -2.48. The first kappa shape index (κ1) is 21.2. The van der Waals surface area contributed by atoms with Crippen LogP contribution >= 0.6 is 23.2 Å². The molecule has 0 aliphatic carbocycles. The van der Waals surface area contributed by atoms with Crippen molar-refractivity contribution in [3.05, 3.63) is 58.1 Å². The molecule has 1 fully saturated rings. The molecule has 1 heterocycles. The van der Waals surface area contributed by atoms with Crippen molar-refractivity contribution in [2.24, 2.45) is 11.5 Å². The number of urea groups is 1. The van der Waals surface area contributed by atoms with E-state index in [1.54, 1.807) is 17.0 Å². The number of hydrogen-bond donors (Lipinski definition) is 3. The van der Waals surface area contributed by atoms with Crippen LogP contribution in [0.15, 0.2) is 42.5 Å². The maximum atomic E-state index is 12.6. The number of carbonyl (C=O) groups is 2. The maximum Gasteiger partial charge on any atom is 0.316 e. The molecule has 0 saturated carbocycles. The number of likely N-dealkylation sites (tertiary alicyclic amines) is 1. The monoisotopic (exact) mass is 436 g/mol. The molecular weight excluding hydrogens is 415 g/mol. The van der Waals surface area contributed by atoms with Crippen molar-refractivity contribution in [3.63, 3.8) is 0 Å². The molecule has 3 rings (SSSR count). The summed E-state index contributed by atoms with van der Waals surface area (Å²) in [5.41, 5.74) is 12.9. The van der Waals surface area contributed by atoms with Crippen molar-refractivity contribution in [1.82, 2.24) is 4.90 Å². The van der Waals surface area contributed by atoms with E-state index in [0.717, 1.165) is 12.0 Å². The second kappa shape index (κ2) is 9.35. The third-order valence-corrected chi connectivity index (χ3v) is 5.35. The Labute approximate surface area is 178 Å². The molecule has 9 heteroatoms. The van der Waals surface area contributed by atoms with E-state index in [0.29, 0.717) is 34.6 Å². The Morgan fingerprint density at radius 3 is 2.48 bits per heavy atom. The van der Waals surface area contributed by atoms with E-state index in [9.17, 15) is 9.59 Å². The summed E-state index contributed by atoms with van der Waals surface area (Å²) in [4.78, 5) is 25.4. The molecule has 2 aromatic carbocycles. The van der Waals surface area contributed by atoms with E-state index < -0.39 is 6.03 Å². The molecule has 2 unspecified atom stereocenters. The Morgan fingerprint density at radius 2 is 1.83 bits per heavy atom. The number of hydrogen-bond acceptors (Lipinski definition) is 4. The van der Waals surface area contributed by atoms with Gasteiger partial charge in [0.05, 0.1) is 5.69 Å². The molecule has 1 saturated heterocycles. The van der Waals surface area contributed by atoms with Crippen molar-refractivity contribution in [2.75, 3.05) is 25.0 Å².